The number of carbonyl (C=O) groups is 2. The van der Waals surface area contributed by atoms with E-state index in [0.29, 0.717) is 6.42 Å². The average Bonchev–Trinajstić information content (AvgIpc) is 2.17. The maximum atomic E-state index is 11.2. The molecule has 0 bridgehead atoms. The molecule has 0 saturated heterocycles. The van der Waals surface area contributed by atoms with Crippen LogP contribution in [0, 0.1) is 0 Å². The Morgan fingerprint density at radius 2 is 1.93 bits per heavy atom. The molecule has 0 rings (SSSR count). The van der Waals surface area contributed by atoms with Gasteiger partial charge in [-0.2, -0.15) is 0 Å². The first kappa shape index (κ1) is 12.6. The van der Waals surface area contributed by atoms with Crippen LogP contribution in [0.4, 0.5) is 0 Å². The van der Waals surface area contributed by atoms with Crippen molar-refractivity contribution < 1.29 is 19.2 Å². The van der Waals surface area contributed by atoms with Crippen molar-refractivity contribution >= 4 is 17.5 Å². The number of hydrogen-bond donors (Lipinski definition) is 0. The molecule has 0 fully saturated rings. The number of Topliss-reactive ketones (excluding diaryl/α,β-unsaturated/α-hetero) is 1. The van der Waals surface area contributed by atoms with Crippen molar-refractivity contribution in [3.8, 4) is 0 Å². The SMILES string of the molecule is CCOC(=O)/C(CC(=O)CC)=N\OC. The van der Waals surface area contributed by atoms with Gasteiger partial charge in [0.25, 0.3) is 0 Å². The molecule has 0 N–H and O–H groups in total. The second-order valence-electron chi connectivity index (χ2n) is 2.51. The molecule has 0 aliphatic heterocycles. The van der Waals surface area contributed by atoms with Crippen molar-refractivity contribution in [1.82, 2.24) is 0 Å². The van der Waals surface area contributed by atoms with E-state index in [1.807, 2.05) is 0 Å². The van der Waals surface area contributed by atoms with Gasteiger partial charge in [-0.1, -0.05) is 12.1 Å². The molecule has 5 heteroatoms. The Morgan fingerprint density at radius 3 is 2.36 bits per heavy atom. The molecular weight excluding hydrogens is 186 g/mol. The third-order valence-electron chi connectivity index (χ3n) is 1.47. The number of hydrogen-bond acceptors (Lipinski definition) is 5. The topological polar surface area (TPSA) is 65.0 Å². The van der Waals surface area contributed by atoms with E-state index < -0.39 is 5.97 Å². The number of esters is 1. The molecule has 0 amide bonds. The summed E-state index contributed by atoms with van der Waals surface area (Å²) in [7, 11) is 1.32. The highest BCUT2D eigenvalue weighted by molar-refractivity contribution is 6.39. The maximum Gasteiger partial charge on any atom is 0.356 e. The van der Waals surface area contributed by atoms with Crippen molar-refractivity contribution in [2.75, 3.05) is 13.7 Å². The lowest BCUT2D eigenvalue weighted by molar-refractivity contribution is -0.135. The lowest BCUT2D eigenvalue weighted by atomic mass is 10.1. The quantitative estimate of drug-likeness (QED) is 0.364. The average molecular weight is 201 g/mol. The molecule has 0 spiro atoms. The van der Waals surface area contributed by atoms with Crippen molar-refractivity contribution in [2.45, 2.75) is 26.7 Å². The van der Waals surface area contributed by atoms with E-state index in [4.69, 9.17) is 4.74 Å². The van der Waals surface area contributed by atoms with Gasteiger partial charge in [0.05, 0.1) is 13.0 Å². The Balaban J connectivity index is 4.37. The Kier molecular flexibility index (Phi) is 6.36. The number of rotatable bonds is 6. The second-order valence-corrected chi connectivity index (χ2v) is 2.51. The third-order valence-corrected chi connectivity index (χ3v) is 1.47. The van der Waals surface area contributed by atoms with E-state index in [1.54, 1.807) is 13.8 Å². The van der Waals surface area contributed by atoms with Crippen LogP contribution in [0.2, 0.25) is 0 Å². The molecule has 0 heterocycles. The number of nitrogens with zero attached hydrogens (tertiary/aromatic N) is 1. The van der Waals surface area contributed by atoms with Crippen LogP contribution in [0.25, 0.3) is 0 Å². The largest absolute Gasteiger partial charge is 0.461 e. The summed E-state index contributed by atoms with van der Waals surface area (Å²) in [4.78, 5) is 26.7. The smallest absolute Gasteiger partial charge is 0.356 e. The predicted molar refractivity (Wildman–Crippen MR) is 51.0 cm³/mol. The molecule has 80 valence electrons. The number of carbonyl (C=O) groups excluding carboxylic acids is 2. The Labute approximate surface area is 83.1 Å². The normalized spacial score (nSPS) is 10.9. The van der Waals surface area contributed by atoms with Gasteiger partial charge in [0.1, 0.15) is 12.9 Å². The van der Waals surface area contributed by atoms with Gasteiger partial charge in [0.15, 0.2) is 5.71 Å². The summed E-state index contributed by atoms with van der Waals surface area (Å²) < 4.78 is 4.70. The molecule has 0 aromatic rings. The zero-order valence-corrected chi connectivity index (χ0v) is 8.70. The molecule has 0 aromatic heterocycles. The van der Waals surface area contributed by atoms with E-state index in [1.165, 1.54) is 7.11 Å². The van der Waals surface area contributed by atoms with Gasteiger partial charge in [-0.05, 0) is 6.92 Å². The Bertz CT molecular complexity index is 235. The van der Waals surface area contributed by atoms with Crippen molar-refractivity contribution in [3.05, 3.63) is 0 Å². The minimum absolute atomic E-state index is 0.0150. The fourth-order valence-electron chi connectivity index (χ4n) is 0.778. The van der Waals surface area contributed by atoms with Gasteiger partial charge in [-0.3, -0.25) is 4.79 Å². The van der Waals surface area contributed by atoms with Gasteiger partial charge in [-0.15, -0.1) is 0 Å². The highest BCUT2D eigenvalue weighted by Gasteiger charge is 2.16. The summed E-state index contributed by atoms with van der Waals surface area (Å²) in [6.07, 6.45) is 0.325. The molecule has 5 nitrogen and oxygen atoms in total. The van der Waals surface area contributed by atoms with Crippen LogP contribution in [0.3, 0.4) is 0 Å². The van der Waals surface area contributed by atoms with Crippen molar-refractivity contribution in [2.24, 2.45) is 5.16 Å². The van der Waals surface area contributed by atoms with Crippen LogP contribution >= 0.6 is 0 Å². The molecule has 14 heavy (non-hydrogen) atoms. The highest BCUT2D eigenvalue weighted by atomic mass is 16.6. The first-order chi connectivity index (χ1) is 6.65. The van der Waals surface area contributed by atoms with E-state index in [9.17, 15) is 9.59 Å². The molecule has 0 aromatic carbocycles. The zero-order valence-electron chi connectivity index (χ0n) is 8.70. The van der Waals surface area contributed by atoms with E-state index in [2.05, 4.69) is 9.99 Å². The summed E-state index contributed by atoms with van der Waals surface area (Å²) >= 11 is 0. The third kappa shape index (κ3) is 4.59. The van der Waals surface area contributed by atoms with E-state index in [0.717, 1.165) is 0 Å². The second kappa shape index (κ2) is 7.06. The fourth-order valence-corrected chi connectivity index (χ4v) is 0.778. The molecule has 0 aliphatic carbocycles. The minimum atomic E-state index is -0.601. The van der Waals surface area contributed by atoms with Gasteiger partial charge in [0, 0.05) is 6.42 Å². The Morgan fingerprint density at radius 1 is 1.29 bits per heavy atom. The van der Waals surface area contributed by atoms with Crippen LogP contribution in [0.1, 0.15) is 26.7 Å². The van der Waals surface area contributed by atoms with Crippen LogP contribution in [0.5, 0.6) is 0 Å². The molecule has 0 unspecified atom stereocenters. The van der Waals surface area contributed by atoms with Gasteiger partial charge >= 0.3 is 5.97 Å². The summed E-state index contributed by atoms with van der Waals surface area (Å²) in [5.74, 6) is -0.676. The summed E-state index contributed by atoms with van der Waals surface area (Å²) in [5.41, 5.74) is 0.0150. The lowest BCUT2D eigenvalue weighted by Gasteiger charge is -2.03. The van der Waals surface area contributed by atoms with Crippen molar-refractivity contribution in [1.29, 1.82) is 0 Å². The van der Waals surface area contributed by atoms with Crippen LogP contribution < -0.4 is 0 Å². The molecule has 0 aliphatic rings. The van der Waals surface area contributed by atoms with Crippen LogP contribution in [-0.4, -0.2) is 31.2 Å². The van der Waals surface area contributed by atoms with Gasteiger partial charge in [-0.25, -0.2) is 4.79 Å². The molecule has 0 saturated carbocycles. The van der Waals surface area contributed by atoms with Gasteiger partial charge in [0.2, 0.25) is 0 Å². The standard InChI is InChI=1S/C9H15NO4/c1-4-7(11)6-8(10-13-3)9(12)14-5-2/h4-6H2,1-3H3/b10-8-. The van der Waals surface area contributed by atoms with E-state index in [-0.39, 0.29) is 24.5 Å². The summed E-state index contributed by atoms with van der Waals surface area (Å²) in [6.45, 7) is 3.66. The van der Waals surface area contributed by atoms with Crippen LogP contribution in [-0.2, 0) is 19.2 Å². The number of ether oxygens (including phenoxy) is 1. The molecule has 0 radical (unpaired) electrons. The summed E-state index contributed by atoms with van der Waals surface area (Å²) in [5, 5.41) is 3.45. The fraction of sp³-hybridized carbons (Fsp3) is 0.667. The molecular formula is C9H15NO4. The number of ketones is 1. The maximum absolute atomic E-state index is 11.2. The minimum Gasteiger partial charge on any atom is -0.461 e. The lowest BCUT2D eigenvalue weighted by Crippen LogP contribution is -2.21. The highest BCUT2D eigenvalue weighted by Crippen LogP contribution is 1.96. The molecule has 0 atom stereocenters. The van der Waals surface area contributed by atoms with Crippen LogP contribution in [0.15, 0.2) is 5.16 Å². The van der Waals surface area contributed by atoms with Gasteiger partial charge < -0.3 is 9.57 Å². The summed E-state index contributed by atoms with van der Waals surface area (Å²) in [6, 6.07) is 0. The zero-order chi connectivity index (χ0) is 11.0. The van der Waals surface area contributed by atoms with Crippen molar-refractivity contribution in [3.63, 3.8) is 0 Å². The number of oxime groups is 1. The predicted octanol–water partition coefficient (Wildman–Crippen LogP) is 0.921. The first-order valence-electron chi connectivity index (χ1n) is 4.44. The Hall–Kier alpha value is -1.39. The first-order valence-corrected chi connectivity index (χ1v) is 4.44. The monoisotopic (exact) mass is 201 g/mol. The van der Waals surface area contributed by atoms with E-state index >= 15 is 0 Å².